The molecule has 1 aromatic carbocycles. The normalized spacial score (nSPS) is 21.2. The zero-order valence-electron chi connectivity index (χ0n) is 27.5. The van der Waals surface area contributed by atoms with E-state index in [1.165, 1.54) is 17.4 Å². The van der Waals surface area contributed by atoms with E-state index in [2.05, 4.69) is 27.5 Å². The first-order chi connectivity index (χ1) is 23.4. The van der Waals surface area contributed by atoms with Gasteiger partial charge < -0.3 is 30.0 Å². The summed E-state index contributed by atoms with van der Waals surface area (Å²) in [5, 5.41) is 18.1. The number of phenolic OH excluding ortho intramolecular Hbond substituents is 1. The quantitative estimate of drug-likeness (QED) is 0.392. The number of carbonyl (C=O) groups is 3. The minimum Gasteiger partial charge on any atom is -0.506 e. The first-order valence-corrected chi connectivity index (χ1v) is 18.1. The lowest BCUT2D eigenvalue weighted by molar-refractivity contribution is -0.138. The van der Waals surface area contributed by atoms with Crippen molar-refractivity contribution in [1.82, 2.24) is 29.8 Å². The molecule has 3 fully saturated rings. The Bertz CT molecular complexity index is 1530. The van der Waals surface area contributed by atoms with Crippen LogP contribution in [0.3, 0.4) is 0 Å². The van der Waals surface area contributed by atoms with Crippen LogP contribution >= 0.6 is 22.9 Å². The Hall–Kier alpha value is -3.27. The molecule has 268 valence electrons. The van der Waals surface area contributed by atoms with E-state index in [1.54, 1.807) is 14.7 Å². The number of carbonyl (C=O) groups excluding carboxylic acids is 3. The number of benzene rings is 1. The van der Waals surface area contributed by atoms with Crippen molar-refractivity contribution in [3.8, 4) is 5.75 Å². The summed E-state index contributed by atoms with van der Waals surface area (Å²) >= 11 is 7.49. The highest BCUT2D eigenvalue weighted by Gasteiger charge is 2.38. The molecule has 16 heteroatoms. The van der Waals surface area contributed by atoms with E-state index in [-0.39, 0.29) is 30.0 Å². The number of piperidine rings is 2. The number of fused-ring (bicyclic) bond motifs is 1. The molecule has 49 heavy (non-hydrogen) atoms. The summed E-state index contributed by atoms with van der Waals surface area (Å²) in [6, 6.07) is 2.43. The molecule has 0 aliphatic carbocycles. The topological polar surface area (TPSA) is 112 Å². The third-order valence-corrected chi connectivity index (χ3v) is 11.4. The largest absolute Gasteiger partial charge is 0.506 e. The van der Waals surface area contributed by atoms with Crippen LogP contribution in [0.5, 0.6) is 5.75 Å². The molecule has 0 radical (unpaired) electrons. The molecule has 0 unspecified atom stereocenters. The summed E-state index contributed by atoms with van der Waals surface area (Å²) in [6.07, 6.45) is -1.40. The van der Waals surface area contributed by atoms with Gasteiger partial charge in [-0.05, 0) is 81.4 Å². The SMILES string of the molecule is CN1CCCN(C2CCN(C(=O)[C@@H](Cc3cc(Cl)c(O)c(C(F)(F)F)c3)NC(=O)N3CCC(N4Cc5ccsc5NC4=O)CC3)CC2)CC1. The predicted octanol–water partition coefficient (Wildman–Crippen LogP) is 4.89. The van der Waals surface area contributed by atoms with Gasteiger partial charge in [0.15, 0.2) is 0 Å². The van der Waals surface area contributed by atoms with Gasteiger partial charge in [0.2, 0.25) is 5.91 Å². The number of hydrogen-bond donors (Lipinski definition) is 3. The molecule has 0 spiro atoms. The third-order valence-electron chi connectivity index (χ3n) is 10.3. The fourth-order valence-electron chi connectivity index (χ4n) is 7.44. The number of nitrogens with zero attached hydrogens (tertiary/aromatic N) is 5. The van der Waals surface area contributed by atoms with Gasteiger partial charge in [-0.2, -0.15) is 13.2 Å². The van der Waals surface area contributed by atoms with E-state index in [0.717, 1.165) is 62.1 Å². The molecule has 5 heterocycles. The van der Waals surface area contributed by atoms with Crippen LogP contribution in [0, 0.1) is 0 Å². The second-order valence-electron chi connectivity index (χ2n) is 13.5. The molecule has 3 saturated heterocycles. The van der Waals surface area contributed by atoms with Gasteiger partial charge in [0.05, 0.1) is 17.1 Å². The second-order valence-corrected chi connectivity index (χ2v) is 14.8. The molecule has 2 aromatic rings. The van der Waals surface area contributed by atoms with Crippen molar-refractivity contribution < 1.29 is 32.7 Å². The number of amides is 5. The maximum atomic E-state index is 14.0. The fraction of sp³-hybridized carbons (Fsp3) is 0.606. The van der Waals surface area contributed by atoms with Gasteiger partial charge in [0, 0.05) is 63.3 Å². The molecule has 6 rings (SSSR count). The van der Waals surface area contributed by atoms with Crippen LogP contribution in [-0.2, 0) is 23.9 Å². The average molecular weight is 726 g/mol. The Morgan fingerprint density at radius 3 is 2.43 bits per heavy atom. The molecule has 5 amide bonds. The number of nitrogens with one attached hydrogen (secondary N) is 2. The number of likely N-dealkylation sites (N-methyl/N-ethyl adjacent to an activating group) is 1. The number of likely N-dealkylation sites (tertiary alicyclic amines) is 2. The standard InChI is InChI=1S/C33H43ClF3N7O4S/c1-40-8-2-9-41(15-14-40)23-3-10-42(11-4-23)30(46)27(19-21-17-25(33(35,36)37)28(45)26(34)18-21)38-31(47)43-12-5-24(6-13-43)44-20-22-7-16-49-29(22)39-32(44)48/h7,16-18,23-24,27,45H,2-6,8-15,19-20H2,1H3,(H,38,47)(H,39,48)/t27-/m1/s1. The zero-order chi connectivity index (χ0) is 34.9. The summed E-state index contributed by atoms with van der Waals surface area (Å²) in [4.78, 5) is 50.3. The number of hydrogen-bond acceptors (Lipinski definition) is 7. The maximum absolute atomic E-state index is 14.0. The number of rotatable bonds is 6. The summed E-state index contributed by atoms with van der Waals surface area (Å²) in [7, 11) is 2.12. The van der Waals surface area contributed by atoms with Gasteiger partial charge in [-0.1, -0.05) is 11.6 Å². The van der Waals surface area contributed by atoms with Gasteiger partial charge in [0.25, 0.3) is 0 Å². The van der Waals surface area contributed by atoms with Crippen LogP contribution in [0.25, 0.3) is 0 Å². The van der Waals surface area contributed by atoms with Crippen LogP contribution < -0.4 is 10.6 Å². The number of anilines is 1. The Balaban J connectivity index is 1.13. The van der Waals surface area contributed by atoms with E-state index in [4.69, 9.17) is 11.6 Å². The fourth-order valence-corrected chi connectivity index (χ4v) is 8.48. The van der Waals surface area contributed by atoms with E-state index >= 15 is 0 Å². The lowest BCUT2D eigenvalue weighted by Crippen LogP contribution is -2.57. The number of urea groups is 2. The number of thiophene rings is 1. The summed E-state index contributed by atoms with van der Waals surface area (Å²) in [5.74, 6) is -1.45. The molecule has 1 atom stereocenters. The summed E-state index contributed by atoms with van der Waals surface area (Å²) in [5.41, 5.74) is -0.174. The minimum absolute atomic E-state index is 0.0691. The molecule has 0 saturated carbocycles. The second kappa shape index (κ2) is 14.9. The Morgan fingerprint density at radius 1 is 1.02 bits per heavy atom. The van der Waals surface area contributed by atoms with Gasteiger partial charge in [-0.3, -0.25) is 15.0 Å². The van der Waals surface area contributed by atoms with Crippen LogP contribution in [-0.4, -0.2) is 125 Å². The third kappa shape index (κ3) is 8.21. The molecule has 3 N–H and O–H groups in total. The Labute approximate surface area is 292 Å². The van der Waals surface area contributed by atoms with E-state index < -0.39 is 34.6 Å². The average Bonchev–Trinajstić information content (AvgIpc) is 3.42. The van der Waals surface area contributed by atoms with Crippen LogP contribution in [0.4, 0.5) is 27.8 Å². The van der Waals surface area contributed by atoms with E-state index in [1.807, 2.05) is 11.4 Å². The first kappa shape index (κ1) is 35.6. The number of phenols is 1. The van der Waals surface area contributed by atoms with Gasteiger partial charge in [-0.25, -0.2) is 9.59 Å². The predicted molar refractivity (Wildman–Crippen MR) is 181 cm³/mol. The van der Waals surface area contributed by atoms with Crippen LogP contribution in [0.1, 0.15) is 48.8 Å². The summed E-state index contributed by atoms with van der Waals surface area (Å²) in [6.45, 7) is 6.13. The molecule has 1 aromatic heterocycles. The van der Waals surface area contributed by atoms with Crippen molar-refractivity contribution in [3.63, 3.8) is 0 Å². The maximum Gasteiger partial charge on any atom is 0.420 e. The van der Waals surface area contributed by atoms with E-state index in [0.29, 0.717) is 51.6 Å². The Morgan fingerprint density at radius 2 is 1.71 bits per heavy atom. The van der Waals surface area contributed by atoms with Crippen LogP contribution in [0.15, 0.2) is 23.6 Å². The molecular weight excluding hydrogens is 683 g/mol. The van der Waals surface area contributed by atoms with Crippen molar-refractivity contribution in [1.29, 1.82) is 0 Å². The van der Waals surface area contributed by atoms with Crippen molar-refractivity contribution in [3.05, 3.63) is 45.3 Å². The number of alkyl halides is 3. The van der Waals surface area contributed by atoms with Gasteiger partial charge in [0.1, 0.15) is 16.8 Å². The Kier molecular flexibility index (Phi) is 10.8. The molecular formula is C33H43ClF3N7O4S. The highest BCUT2D eigenvalue weighted by Crippen LogP contribution is 2.40. The lowest BCUT2D eigenvalue weighted by Gasteiger charge is -2.41. The molecule has 0 bridgehead atoms. The van der Waals surface area contributed by atoms with Crippen molar-refractivity contribution in [2.24, 2.45) is 0 Å². The summed E-state index contributed by atoms with van der Waals surface area (Å²) < 4.78 is 41.2. The molecule has 11 nitrogen and oxygen atoms in total. The monoisotopic (exact) mass is 725 g/mol. The highest BCUT2D eigenvalue weighted by molar-refractivity contribution is 7.14. The number of aromatic hydroxyl groups is 1. The lowest BCUT2D eigenvalue weighted by atomic mass is 9.98. The smallest absolute Gasteiger partial charge is 0.420 e. The van der Waals surface area contributed by atoms with Crippen molar-refractivity contribution >= 4 is 45.9 Å². The van der Waals surface area contributed by atoms with Crippen LogP contribution in [0.2, 0.25) is 5.02 Å². The molecule has 4 aliphatic heterocycles. The van der Waals surface area contributed by atoms with Gasteiger partial charge in [-0.15, -0.1) is 11.3 Å². The van der Waals surface area contributed by atoms with Gasteiger partial charge >= 0.3 is 18.2 Å². The zero-order valence-corrected chi connectivity index (χ0v) is 29.0. The highest BCUT2D eigenvalue weighted by atomic mass is 35.5. The molecule has 4 aliphatic rings. The van der Waals surface area contributed by atoms with Crippen molar-refractivity contribution in [2.45, 2.75) is 69.4 Å². The first-order valence-electron chi connectivity index (χ1n) is 16.9. The van der Waals surface area contributed by atoms with Crippen molar-refractivity contribution in [2.75, 3.05) is 64.7 Å². The van der Waals surface area contributed by atoms with E-state index in [9.17, 15) is 32.7 Å². The minimum atomic E-state index is -4.86. The number of halogens is 4.